The molecular weight excluding hydrogens is 321 g/mol. The number of fused-ring (bicyclic) bond motifs is 1. The van der Waals surface area contributed by atoms with Gasteiger partial charge in [-0.2, -0.15) is 0 Å². The molecule has 5 heteroatoms. The molecule has 0 unspecified atom stereocenters. The molecule has 0 spiro atoms. The Bertz CT molecular complexity index is 718. The molecule has 2 aromatic rings. The number of ether oxygens (including phenoxy) is 1. The lowest BCUT2D eigenvalue weighted by molar-refractivity contribution is -0.124. The molecule has 0 bridgehead atoms. The van der Waals surface area contributed by atoms with E-state index in [0.717, 1.165) is 12.1 Å². The summed E-state index contributed by atoms with van der Waals surface area (Å²) in [6, 6.07) is 13.0. The van der Waals surface area contributed by atoms with Gasteiger partial charge < -0.3 is 9.64 Å². The highest BCUT2D eigenvalue weighted by Gasteiger charge is 2.29. The molecule has 3 rings (SSSR count). The van der Waals surface area contributed by atoms with E-state index in [2.05, 4.69) is 0 Å². The van der Waals surface area contributed by atoms with Crippen LogP contribution in [0.25, 0.3) is 0 Å². The van der Waals surface area contributed by atoms with Gasteiger partial charge >= 0.3 is 0 Å². The second kappa shape index (κ2) is 6.19. The van der Waals surface area contributed by atoms with Crippen molar-refractivity contribution in [1.29, 1.82) is 0 Å². The molecule has 2 aromatic carbocycles. The van der Waals surface area contributed by atoms with Crippen LogP contribution in [0.4, 0.5) is 5.69 Å². The van der Waals surface area contributed by atoms with Crippen molar-refractivity contribution in [2.45, 2.75) is 19.4 Å². The van der Waals surface area contributed by atoms with E-state index in [9.17, 15) is 4.79 Å². The van der Waals surface area contributed by atoms with Gasteiger partial charge in [0.15, 0.2) is 6.10 Å². The SMILES string of the molecule is C[C@H](Oc1cccc(Cl)c1Cl)C(=O)N1CCc2ccccc21. The third-order valence-electron chi connectivity index (χ3n) is 3.72. The molecule has 3 nitrogen and oxygen atoms in total. The molecule has 1 aliphatic rings. The molecule has 1 aliphatic heterocycles. The van der Waals surface area contributed by atoms with Crippen molar-refractivity contribution in [1.82, 2.24) is 0 Å². The number of hydrogen-bond acceptors (Lipinski definition) is 2. The van der Waals surface area contributed by atoms with Crippen molar-refractivity contribution in [3.05, 3.63) is 58.1 Å². The van der Waals surface area contributed by atoms with Gasteiger partial charge in [-0.05, 0) is 37.1 Å². The number of rotatable bonds is 3. The maximum absolute atomic E-state index is 12.6. The summed E-state index contributed by atoms with van der Waals surface area (Å²) >= 11 is 12.1. The normalized spacial score (nSPS) is 14.6. The molecule has 0 fully saturated rings. The first kappa shape index (κ1) is 15.2. The minimum atomic E-state index is -0.637. The van der Waals surface area contributed by atoms with Gasteiger partial charge in [0, 0.05) is 12.2 Å². The fraction of sp³-hybridized carbons (Fsp3) is 0.235. The third kappa shape index (κ3) is 2.79. The fourth-order valence-corrected chi connectivity index (χ4v) is 2.94. The van der Waals surface area contributed by atoms with Gasteiger partial charge in [0.05, 0.1) is 5.02 Å². The van der Waals surface area contributed by atoms with Crippen molar-refractivity contribution in [3.8, 4) is 5.75 Å². The Hall–Kier alpha value is -1.71. The van der Waals surface area contributed by atoms with E-state index in [1.807, 2.05) is 24.3 Å². The van der Waals surface area contributed by atoms with Crippen molar-refractivity contribution in [2.75, 3.05) is 11.4 Å². The highest BCUT2D eigenvalue weighted by atomic mass is 35.5. The van der Waals surface area contributed by atoms with E-state index in [-0.39, 0.29) is 5.91 Å². The van der Waals surface area contributed by atoms with Crippen LogP contribution in [0.1, 0.15) is 12.5 Å². The maximum Gasteiger partial charge on any atom is 0.267 e. The predicted molar refractivity (Wildman–Crippen MR) is 89.1 cm³/mol. The van der Waals surface area contributed by atoms with Crippen LogP contribution in [0.15, 0.2) is 42.5 Å². The second-order valence-electron chi connectivity index (χ2n) is 5.18. The average molecular weight is 336 g/mol. The Morgan fingerprint density at radius 1 is 1.18 bits per heavy atom. The summed E-state index contributed by atoms with van der Waals surface area (Å²) in [5.41, 5.74) is 2.14. The van der Waals surface area contributed by atoms with Crippen LogP contribution in [-0.2, 0) is 11.2 Å². The van der Waals surface area contributed by atoms with Gasteiger partial charge in [0.25, 0.3) is 5.91 Å². The molecule has 0 aliphatic carbocycles. The number of anilines is 1. The summed E-state index contributed by atoms with van der Waals surface area (Å²) in [7, 11) is 0. The van der Waals surface area contributed by atoms with E-state index in [0.29, 0.717) is 22.3 Å². The molecule has 0 N–H and O–H groups in total. The first-order valence-electron chi connectivity index (χ1n) is 7.08. The van der Waals surface area contributed by atoms with Gasteiger partial charge in [-0.25, -0.2) is 0 Å². The number of carbonyl (C=O) groups is 1. The summed E-state index contributed by atoms with van der Waals surface area (Å²) in [6.45, 7) is 2.40. The molecule has 22 heavy (non-hydrogen) atoms. The van der Waals surface area contributed by atoms with Crippen LogP contribution in [-0.4, -0.2) is 18.6 Å². The molecule has 1 atom stereocenters. The van der Waals surface area contributed by atoms with E-state index < -0.39 is 6.10 Å². The zero-order chi connectivity index (χ0) is 15.7. The smallest absolute Gasteiger partial charge is 0.267 e. The molecule has 114 valence electrons. The van der Waals surface area contributed by atoms with Gasteiger partial charge in [-0.15, -0.1) is 0 Å². The minimum Gasteiger partial charge on any atom is -0.479 e. The predicted octanol–water partition coefficient (Wildman–Crippen LogP) is 4.35. The average Bonchev–Trinajstić information content (AvgIpc) is 2.95. The van der Waals surface area contributed by atoms with Crippen molar-refractivity contribution >= 4 is 34.8 Å². The quantitative estimate of drug-likeness (QED) is 0.834. The van der Waals surface area contributed by atoms with Crippen molar-refractivity contribution in [3.63, 3.8) is 0 Å². The number of hydrogen-bond donors (Lipinski definition) is 0. The lowest BCUT2D eigenvalue weighted by Gasteiger charge is -2.22. The van der Waals surface area contributed by atoms with Crippen LogP contribution in [0.5, 0.6) is 5.75 Å². The number of halogens is 2. The maximum atomic E-state index is 12.6. The van der Waals surface area contributed by atoms with Gasteiger partial charge in [0.1, 0.15) is 10.8 Å². The Balaban J connectivity index is 1.77. The Morgan fingerprint density at radius 3 is 2.77 bits per heavy atom. The number of para-hydroxylation sites is 1. The Kier molecular flexibility index (Phi) is 4.27. The molecule has 0 saturated heterocycles. The number of nitrogens with zero attached hydrogens (tertiary/aromatic N) is 1. The first-order chi connectivity index (χ1) is 10.6. The Morgan fingerprint density at radius 2 is 1.95 bits per heavy atom. The van der Waals surface area contributed by atoms with Gasteiger partial charge in [0.2, 0.25) is 0 Å². The van der Waals surface area contributed by atoms with Gasteiger partial charge in [-0.1, -0.05) is 47.5 Å². The first-order valence-corrected chi connectivity index (χ1v) is 7.83. The summed E-state index contributed by atoms with van der Waals surface area (Å²) in [6.07, 6.45) is 0.231. The largest absolute Gasteiger partial charge is 0.479 e. The Labute approximate surface area is 139 Å². The monoisotopic (exact) mass is 335 g/mol. The standard InChI is InChI=1S/C17H15Cl2NO2/c1-11(22-15-8-4-6-13(18)16(15)19)17(21)20-10-9-12-5-2-3-7-14(12)20/h2-8,11H,9-10H2,1H3/t11-/m0/s1. The molecular formula is C17H15Cl2NO2. The van der Waals surface area contributed by atoms with Crippen LogP contribution in [0.3, 0.4) is 0 Å². The third-order valence-corrected chi connectivity index (χ3v) is 4.52. The summed E-state index contributed by atoms with van der Waals surface area (Å²) in [5, 5.41) is 0.732. The van der Waals surface area contributed by atoms with E-state index >= 15 is 0 Å². The molecule has 0 aromatic heterocycles. The zero-order valence-electron chi connectivity index (χ0n) is 12.1. The molecule has 1 heterocycles. The van der Waals surface area contributed by atoms with E-state index in [1.165, 1.54) is 5.56 Å². The topological polar surface area (TPSA) is 29.5 Å². The lowest BCUT2D eigenvalue weighted by Crippen LogP contribution is -2.39. The minimum absolute atomic E-state index is 0.0824. The lowest BCUT2D eigenvalue weighted by atomic mass is 10.2. The van der Waals surface area contributed by atoms with Crippen molar-refractivity contribution in [2.24, 2.45) is 0 Å². The van der Waals surface area contributed by atoms with Crippen LogP contribution < -0.4 is 9.64 Å². The highest BCUT2D eigenvalue weighted by Crippen LogP contribution is 2.33. The zero-order valence-corrected chi connectivity index (χ0v) is 13.6. The molecule has 1 amide bonds. The summed E-state index contributed by atoms with van der Waals surface area (Å²) in [4.78, 5) is 14.4. The number of carbonyl (C=O) groups excluding carboxylic acids is 1. The van der Waals surface area contributed by atoms with Crippen molar-refractivity contribution < 1.29 is 9.53 Å². The van der Waals surface area contributed by atoms with E-state index in [1.54, 1.807) is 30.0 Å². The summed E-state index contributed by atoms with van der Waals surface area (Å²) in [5.74, 6) is 0.337. The number of amides is 1. The fourth-order valence-electron chi connectivity index (χ4n) is 2.60. The van der Waals surface area contributed by atoms with E-state index in [4.69, 9.17) is 27.9 Å². The molecule has 0 radical (unpaired) electrons. The van der Waals surface area contributed by atoms with Crippen LogP contribution in [0, 0.1) is 0 Å². The van der Waals surface area contributed by atoms with Gasteiger partial charge in [-0.3, -0.25) is 4.79 Å². The summed E-state index contributed by atoms with van der Waals surface area (Å²) < 4.78 is 5.71. The molecule has 0 saturated carbocycles. The second-order valence-corrected chi connectivity index (χ2v) is 5.97. The highest BCUT2D eigenvalue weighted by molar-refractivity contribution is 6.42. The van der Waals surface area contributed by atoms with Crippen LogP contribution >= 0.6 is 23.2 Å². The number of benzene rings is 2. The van der Waals surface area contributed by atoms with Crippen LogP contribution in [0.2, 0.25) is 10.0 Å².